The molecule has 0 spiro atoms. The second kappa shape index (κ2) is 10.5. The maximum Gasteiger partial charge on any atom is 0.235 e. The summed E-state index contributed by atoms with van der Waals surface area (Å²) < 4.78 is 2.26. The van der Waals surface area contributed by atoms with E-state index in [-0.39, 0.29) is 5.41 Å². The van der Waals surface area contributed by atoms with Crippen molar-refractivity contribution in [2.24, 2.45) is 0 Å². The lowest BCUT2D eigenvalue weighted by Crippen LogP contribution is -2.30. The van der Waals surface area contributed by atoms with E-state index in [4.69, 9.17) is 9.97 Å². The molecule has 0 atom stereocenters. The van der Waals surface area contributed by atoms with Gasteiger partial charge in [0.15, 0.2) is 0 Å². The first kappa shape index (κ1) is 27.3. The number of hydrogen-bond acceptors (Lipinski definition) is 3. The number of benzene rings is 6. The summed E-state index contributed by atoms with van der Waals surface area (Å²) in [6.07, 6.45) is 0. The highest BCUT2D eigenvalue weighted by molar-refractivity contribution is 6.11. The molecule has 4 heteroatoms. The van der Waals surface area contributed by atoms with E-state index in [1.165, 1.54) is 33.3 Å². The first-order valence-electron chi connectivity index (χ1n) is 16.1. The summed E-state index contributed by atoms with van der Waals surface area (Å²) in [6.45, 7) is 4.68. The zero-order valence-electron chi connectivity index (χ0n) is 26.3. The summed E-state index contributed by atoms with van der Waals surface area (Å²) >= 11 is 0. The highest BCUT2D eigenvalue weighted by Crippen LogP contribution is 2.53. The Labute approximate surface area is 274 Å². The normalized spacial score (nSPS) is 13.4. The Morgan fingerprint density at radius 1 is 0.468 bits per heavy atom. The third-order valence-electron chi connectivity index (χ3n) is 9.59. The monoisotopic (exact) mass is 604 g/mol. The van der Waals surface area contributed by atoms with Gasteiger partial charge in [0.05, 0.1) is 33.8 Å². The molecule has 47 heavy (non-hydrogen) atoms. The van der Waals surface area contributed by atoms with Crippen molar-refractivity contribution in [3.63, 3.8) is 0 Å². The lowest BCUT2D eigenvalue weighted by molar-refractivity contribution is 0.632. The summed E-state index contributed by atoms with van der Waals surface area (Å²) in [7, 11) is 0. The van der Waals surface area contributed by atoms with E-state index in [9.17, 15) is 0 Å². The number of anilines is 3. The molecule has 4 nitrogen and oxygen atoms in total. The molecule has 224 valence electrons. The minimum Gasteiger partial charge on any atom is -0.310 e. The van der Waals surface area contributed by atoms with Crippen LogP contribution in [0.1, 0.15) is 25.0 Å². The number of fused-ring (bicyclic) bond motifs is 5. The van der Waals surface area contributed by atoms with Gasteiger partial charge < -0.3 is 4.90 Å². The Morgan fingerprint density at radius 2 is 1.04 bits per heavy atom. The van der Waals surface area contributed by atoms with E-state index < -0.39 is 0 Å². The molecule has 0 fully saturated rings. The number of aromatic nitrogens is 3. The third kappa shape index (κ3) is 4.29. The zero-order valence-corrected chi connectivity index (χ0v) is 26.3. The standard InChI is InChI=1S/C43H32N4/c1-43(2)34-23-13-15-25-39(34)46(31-20-10-5-11-21-31)41-26-33-32-22-12-14-24-38(32)47(40(33)27-35(41)43)42-44-36(29-16-6-3-7-17-29)28-37(45-42)30-18-8-4-9-19-30/h3-28H,1-2H3. The number of rotatable bonds is 4. The van der Waals surface area contributed by atoms with Crippen LogP contribution in [0.2, 0.25) is 0 Å². The molecule has 0 amide bonds. The first-order valence-corrected chi connectivity index (χ1v) is 16.1. The van der Waals surface area contributed by atoms with Crippen molar-refractivity contribution >= 4 is 38.9 Å². The molecule has 3 heterocycles. The molecule has 1 aliphatic rings. The van der Waals surface area contributed by atoms with Gasteiger partial charge >= 0.3 is 0 Å². The number of para-hydroxylation sites is 3. The Morgan fingerprint density at radius 3 is 1.72 bits per heavy atom. The quantitative estimate of drug-likeness (QED) is 0.200. The van der Waals surface area contributed by atoms with E-state index >= 15 is 0 Å². The maximum atomic E-state index is 5.26. The predicted molar refractivity (Wildman–Crippen MR) is 194 cm³/mol. The fourth-order valence-corrected chi connectivity index (χ4v) is 7.28. The molecule has 0 N–H and O–H groups in total. The van der Waals surface area contributed by atoms with Crippen LogP contribution >= 0.6 is 0 Å². The van der Waals surface area contributed by atoms with Gasteiger partial charge in [-0.25, -0.2) is 9.97 Å². The molecular formula is C43H32N4. The molecule has 0 saturated carbocycles. The molecule has 8 aromatic rings. The SMILES string of the molecule is CC1(C)c2ccccc2N(c2ccccc2)c2cc3c4ccccc4n(-c4nc(-c5ccccc5)cc(-c5ccccc5)n4)c3cc21. The van der Waals surface area contributed by atoms with Crippen LogP contribution in [0, 0.1) is 0 Å². The minimum atomic E-state index is -0.241. The van der Waals surface area contributed by atoms with Gasteiger partial charge in [0.2, 0.25) is 5.95 Å². The van der Waals surface area contributed by atoms with Gasteiger partial charge in [0.1, 0.15) is 0 Å². The smallest absolute Gasteiger partial charge is 0.235 e. The molecule has 0 bridgehead atoms. The van der Waals surface area contributed by atoms with Crippen molar-refractivity contribution in [2.45, 2.75) is 19.3 Å². The Balaban J connectivity index is 1.37. The molecule has 0 saturated heterocycles. The van der Waals surface area contributed by atoms with Crippen LogP contribution in [0.3, 0.4) is 0 Å². The van der Waals surface area contributed by atoms with Crippen LogP contribution in [0.5, 0.6) is 0 Å². The molecule has 0 radical (unpaired) electrons. The second-order valence-electron chi connectivity index (χ2n) is 12.7. The Bertz CT molecular complexity index is 2370. The van der Waals surface area contributed by atoms with E-state index in [0.717, 1.165) is 39.2 Å². The number of hydrogen-bond donors (Lipinski definition) is 0. The van der Waals surface area contributed by atoms with Gasteiger partial charge in [0, 0.05) is 33.0 Å². The van der Waals surface area contributed by atoms with Crippen LogP contribution in [0.25, 0.3) is 50.3 Å². The predicted octanol–water partition coefficient (Wildman–Crippen LogP) is 11.0. The van der Waals surface area contributed by atoms with E-state index in [0.29, 0.717) is 5.95 Å². The van der Waals surface area contributed by atoms with Crippen LogP contribution in [-0.4, -0.2) is 14.5 Å². The maximum absolute atomic E-state index is 5.26. The van der Waals surface area contributed by atoms with Crippen LogP contribution < -0.4 is 4.90 Å². The lowest BCUT2D eigenvalue weighted by atomic mass is 9.73. The fraction of sp³-hybridized carbons (Fsp3) is 0.0698. The van der Waals surface area contributed by atoms with E-state index in [2.05, 4.69) is 169 Å². The van der Waals surface area contributed by atoms with Gasteiger partial charge in [-0.3, -0.25) is 4.57 Å². The lowest BCUT2D eigenvalue weighted by Gasteiger charge is -2.42. The van der Waals surface area contributed by atoms with E-state index in [1.54, 1.807) is 0 Å². The van der Waals surface area contributed by atoms with Crippen molar-refractivity contribution in [3.05, 3.63) is 169 Å². The van der Waals surface area contributed by atoms with Crippen LogP contribution in [0.15, 0.2) is 158 Å². The van der Waals surface area contributed by atoms with Gasteiger partial charge in [-0.1, -0.05) is 129 Å². The highest BCUT2D eigenvalue weighted by Gasteiger charge is 2.37. The van der Waals surface area contributed by atoms with Gasteiger partial charge in [0.25, 0.3) is 0 Å². The van der Waals surface area contributed by atoms with E-state index in [1.807, 2.05) is 12.1 Å². The van der Waals surface area contributed by atoms with Crippen molar-refractivity contribution in [1.82, 2.24) is 14.5 Å². The molecule has 1 aliphatic heterocycles. The Kier molecular flexibility index (Phi) is 6.12. The average Bonchev–Trinajstić information content (AvgIpc) is 3.46. The van der Waals surface area contributed by atoms with Gasteiger partial charge in [-0.05, 0) is 53.6 Å². The molecule has 6 aromatic carbocycles. The summed E-state index contributed by atoms with van der Waals surface area (Å²) in [4.78, 5) is 12.9. The molecule has 2 aromatic heterocycles. The highest BCUT2D eigenvalue weighted by atomic mass is 15.2. The first-order chi connectivity index (χ1) is 23.1. The summed E-state index contributed by atoms with van der Waals surface area (Å²) in [5.74, 6) is 0.658. The summed E-state index contributed by atoms with van der Waals surface area (Å²) in [5, 5.41) is 2.34. The van der Waals surface area contributed by atoms with Crippen molar-refractivity contribution in [2.75, 3.05) is 4.90 Å². The topological polar surface area (TPSA) is 34.0 Å². The second-order valence-corrected chi connectivity index (χ2v) is 12.7. The van der Waals surface area contributed by atoms with Crippen molar-refractivity contribution in [1.29, 1.82) is 0 Å². The van der Waals surface area contributed by atoms with Crippen molar-refractivity contribution in [3.8, 4) is 28.5 Å². The zero-order chi connectivity index (χ0) is 31.5. The van der Waals surface area contributed by atoms with Crippen LogP contribution in [-0.2, 0) is 5.41 Å². The molecule has 0 unspecified atom stereocenters. The fourth-order valence-electron chi connectivity index (χ4n) is 7.28. The molecular weight excluding hydrogens is 573 g/mol. The van der Waals surface area contributed by atoms with Gasteiger partial charge in [-0.15, -0.1) is 0 Å². The van der Waals surface area contributed by atoms with Crippen molar-refractivity contribution < 1.29 is 0 Å². The van der Waals surface area contributed by atoms with Crippen LogP contribution in [0.4, 0.5) is 17.1 Å². The minimum absolute atomic E-state index is 0.241. The largest absolute Gasteiger partial charge is 0.310 e. The Hall–Kier alpha value is -6.00. The average molecular weight is 605 g/mol. The summed E-state index contributed by atoms with van der Waals surface area (Å²) in [6, 6.07) is 55.8. The molecule has 9 rings (SSSR count). The summed E-state index contributed by atoms with van der Waals surface area (Å²) in [5.41, 5.74) is 11.9. The number of nitrogens with zero attached hydrogens (tertiary/aromatic N) is 4. The molecule has 0 aliphatic carbocycles. The third-order valence-corrected chi connectivity index (χ3v) is 9.59. The van der Waals surface area contributed by atoms with Gasteiger partial charge in [-0.2, -0.15) is 0 Å².